The first-order valence-corrected chi connectivity index (χ1v) is 11.1. The quantitative estimate of drug-likeness (QED) is 0.485. The van der Waals surface area contributed by atoms with Gasteiger partial charge in [0.1, 0.15) is 5.54 Å². The Morgan fingerprint density at radius 3 is 2.81 bits per heavy atom. The first-order chi connectivity index (χ1) is 15.3. The van der Waals surface area contributed by atoms with Crippen LogP contribution in [0.25, 0.3) is 22.0 Å². The predicted molar refractivity (Wildman–Crippen MR) is 118 cm³/mol. The summed E-state index contributed by atoms with van der Waals surface area (Å²) in [6.07, 6.45) is 0.798. The highest BCUT2D eigenvalue weighted by atomic mass is 79.9. The molecule has 0 radical (unpaired) electrons. The van der Waals surface area contributed by atoms with Crippen molar-refractivity contribution in [3.05, 3.63) is 38.4 Å². The molecule has 2 amide bonds. The first-order valence-electron chi connectivity index (χ1n) is 10.3. The van der Waals surface area contributed by atoms with Gasteiger partial charge < -0.3 is 29.5 Å². The second kappa shape index (κ2) is 7.59. The fourth-order valence-electron chi connectivity index (χ4n) is 4.26. The van der Waals surface area contributed by atoms with Crippen LogP contribution in [0.2, 0.25) is 0 Å². The van der Waals surface area contributed by atoms with Gasteiger partial charge in [-0.2, -0.15) is 0 Å². The fourth-order valence-corrected chi connectivity index (χ4v) is 4.58. The molecule has 1 atom stereocenters. The second-order valence-electron chi connectivity index (χ2n) is 8.26. The lowest BCUT2D eigenvalue weighted by molar-refractivity contribution is -0.127. The zero-order valence-electron chi connectivity index (χ0n) is 17.2. The van der Waals surface area contributed by atoms with Crippen molar-refractivity contribution in [1.29, 1.82) is 0 Å². The highest BCUT2D eigenvalue weighted by molar-refractivity contribution is 9.10. The Kier molecular flexibility index (Phi) is 4.97. The molecule has 1 aliphatic carbocycles. The predicted octanol–water partition coefficient (Wildman–Crippen LogP) is 2.59. The number of hydrogen-bond acceptors (Lipinski definition) is 6. The molecule has 1 aliphatic heterocycles. The maximum Gasteiger partial charge on any atom is 0.405 e. The number of carbonyl (C=O) groups is 2. The van der Waals surface area contributed by atoms with Crippen LogP contribution in [0, 0.1) is 6.92 Å². The van der Waals surface area contributed by atoms with Gasteiger partial charge in [0, 0.05) is 28.9 Å². The number of nitrogens with zero attached hydrogens (tertiary/aromatic N) is 2. The molecule has 2 aliphatic rings. The minimum Gasteiger partial charge on any atom is -0.465 e. The number of aryl methyl sites for hydroxylation is 1. The second-order valence-corrected chi connectivity index (χ2v) is 9.11. The molecule has 2 fully saturated rings. The molecule has 5 rings (SSSR count). The molecule has 3 N–H and O–H groups in total. The third-order valence-corrected chi connectivity index (χ3v) is 6.92. The minimum absolute atomic E-state index is 0.0520. The van der Waals surface area contributed by atoms with Crippen molar-refractivity contribution in [3.8, 4) is 0 Å². The van der Waals surface area contributed by atoms with Crippen molar-refractivity contribution in [2.45, 2.75) is 44.3 Å². The van der Waals surface area contributed by atoms with E-state index in [1.54, 1.807) is 4.57 Å². The van der Waals surface area contributed by atoms with E-state index in [0.29, 0.717) is 5.58 Å². The number of pyridine rings is 1. The fraction of sp³-hybridized carbons (Fsp3) is 0.429. The summed E-state index contributed by atoms with van der Waals surface area (Å²) in [5.74, 6) is -0.357. The average Bonchev–Trinajstić information content (AvgIpc) is 3.30. The molecule has 1 unspecified atom stereocenters. The number of fused-ring (bicyclic) bond motifs is 3. The van der Waals surface area contributed by atoms with Crippen LogP contribution in [-0.4, -0.2) is 45.4 Å². The number of oxazole rings is 1. The van der Waals surface area contributed by atoms with Gasteiger partial charge in [-0.15, -0.1) is 0 Å². The Morgan fingerprint density at radius 1 is 1.38 bits per heavy atom. The summed E-state index contributed by atoms with van der Waals surface area (Å²) < 4.78 is 13.9. The van der Waals surface area contributed by atoms with Crippen molar-refractivity contribution >= 4 is 49.9 Å². The molecular formula is C21H21BrN4O6. The molecule has 0 bridgehead atoms. The molecule has 3 aromatic rings. The van der Waals surface area contributed by atoms with E-state index in [2.05, 4.69) is 31.5 Å². The number of benzene rings is 1. The van der Waals surface area contributed by atoms with Crippen LogP contribution in [0.1, 0.15) is 36.8 Å². The third kappa shape index (κ3) is 3.36. The van der Waals surface area contributed by atoms with Crippen LogP contribution >= 0.6 is 15.9 Å². The van der Waals surface area contributed by atoms with Crippen LogP contribution < -0.4 is 16.2 Å². The van der Waals surface area contributed by atoms with Crippen LogP contribution in [0.4, 0.5) is 4.79 Å². The Morgan fingerprint density at radius 2 is 2.16 bits per heavy atom. The summed E-state index contributed by atoms with van der Waals surface area (Å²) >= 11 is 3.54. The molecule has 1 saturated carbocycles. The van der Waals surface area contributed by atoms with Crippen molar-refractivity contribution in [2.75, 3.05) is 13.2 Å². The van der Waals surface area contributed by atoms with Gasteiger partial charge in [0.25, 0.3) is 5.56 Å². The number of amides is 2. The third-order valence-electron chi connectivity index (χ3n) is 6.06. The first kappa shape index (κ1) is 21.0. The summed E-state index contributed by atoms with van der Waals surface area (Å²) in [5.41, 5.74) is 0.793. The summed E-state index contributed by atoms with van der Waals surface area (Å²) in [4.78, 5) is 41.5. The van der Waals surface area contributed by atoms with Gasteiger partial charge in [0.15, 0.2) is 11.1 Å². The van der Waals surface area contributed by atoms with E-state index < -0.39 is 17.5 Å². The Bertz CT molecular complexity index is 1320. The van der Waals surface area contributed by atoms with E-state index in [1.807, 2.05) is 19.1 Å². The zero-order valence-corrected chi connectivity index (χ0v) is 18.8. The smallest absolute Gasteiger partial charge is 0.405 e. The van der Waals surface area contributed by atoms with E-state index in [4.69, 9.17) is 14.3 Å². The molecule has 2 aromatic heterocycles. The van der Waals surface area contributed by atoms with Gasteiger partial charge in [-0.1, -0.05) is 15.9 Å². The van der Waals surface area contributed by atoms with Gasteiger partial charge in [-0.3, -0.25) is 9.59 Å². The van der Waals surface area contributed by atoms with Crippen LogP contribution in [0.15, 0.2) is 25.8 Å². The number of rotatable bonds is 5. The van der Waals surface area contributed by atoms with Crippen molar-refractivity contribution < 1.29 is 23.8 Å². The van der Waals surface area contributed by atoms with Crippen molar-refractivity contribution in [1.82, 2.24) is 20.2 Å². The molecule has 1 saturated heterocycles. The number of carbonyl (C=O) groups excluding carboxylic acids is 1. The van der Waals surface area contributed by atoms with Crippen LogP contribution in [0.5, 0.6) is 0 Å². The summed E-state index contributed by atoms with van der Waals surface area (Å²) in [7, 11) is 0. The largest absolute Gasteiger partial charge is 0.465 e. The molecule has 32 heavy (non-hydrogen) atoms. The van der Waals surface area contributed by atoms with Gasteiger partial charge in [0.05, 0.1) is 18.7 Å². The standard InChI is InChI=1S/C21H21BrN4O6/c1-10-13(22)5-4-12-16(10)26(11-2-3-11)18(27)15-17(12)32-14(24-15)8-23-19(28)21(25-20(29)30)6-7-31-9-21/h4-5,11,25H,2-3,6-9H2,1H3,(H,23,28)(H,29,30). The monoisotopic (exact) mass is 504 g/mol. The van der Waals surface area contributed by atoms with E-state index in [1.165, 1.54) is 0 Å². The van der Waals surface area contributed by atoms with E-state index in [-0.39, 0.29) is 49.2 Å². The lowest BCUT2D eigenvalue weighted by atomic mass is 9.98. The lowest BCUT2D eigenvalue weighted by Crippen LogP contribution is -2.59. The Labute approximate surface area is 190 Å². The molecule has 0 spiro atoms. The molecule has 11 heteroatoms. The number of aromatic nitrogens is 2. The van der Waals surface area contributed by atoms with Gasteiger partial charge >= 0.3 is 6.09 Å². The van der Waals surface area contributed by atoms with E-state index in [9.17, 15) is 14.4 Å². The number of carboxylic acid groups (broad SMARTS) is 1. The summed E-state index contributed by atoms with van der Waals surface area (Å²) in [6, 6.07) is 3.94. The molecule has 1 aromatic carbocycles. The van der Waals surface area contributed by atoms with Gasteiger partial charge in [-0.25, -0.2) is 9.78 Å². The van der Waals surface area contributed by atoms with Crippen LogP contribution in [-0.2, 0) is 16.1 Å². The highest BCUT2D eigenvalue weighted by Crippen LogP contribution is 2.39. The number of ether oxygens (including phenoxy) is 1. The number of halogens is 1. The molecule has 10 nitrogen and oxygen atoms in total. The lowest BCUT2D eigenvalue weighted by Gasteiger charge is -2.25. The van der Waals surface area contributed by atoms with E-state index >= 15 is 0 Å². The normalized spacial score (nSPS) is 20.7. The number of hydrogen-bond donors (Lipinski definition) is 3. The molecule has 168 valence electrons. The SMILES string of the molecule is Cc1c(Br)ccc2c3oc(CNC(=O)C4(NC(=O)O)CCOC4)nc3c(=O)n(C3CC3)c12. The highest BCUT2D eigenvalue weighted by Gasteiger charge is 2.44. The summed E-state index contributed by atoms with van der Waals surface area (Å²) in [6.45, 7) is 2.09. The Hall–Kier alpha value is -2.92. The van der Waals surface area contributed by atoms with E-state index in [0.717, 1.165) is 33.8 Å². The molecular weight excluding hydrogens is 484 g/mol. The molecule has 3 heterocycles. The topological polar surface area (TPSA) is 136 Å². The number of nitrogens with one attached hydrogen (secondary N) is 2. The van der Waals surface area contributed by atoms with Crippen molar-refractivity contribution in [3.63, 3.8) is 0 Å². The minimum atomic E-state index is -1.35. The van der Waals surface area contributed by atoms with Gasteiger partial charge in [0.2, 0.25) is 11.8 Å². The van der Waals surface area contributed by atoms with Crippen LogP contribution in [0.3, 0.4) is 0 Å². The summed E-state index contributed by atoms with van der Waals surface area (Å²) in [5, 5.41) is 14.8. The average molecular weight is 505 g/mol. The van der Waals surface area contributed by atoms with Crippen molar-refractivity contribution in [2.24, 2.45) is 0 Å². The maximum absolute atomic E-state index is 13.3. The Balaban J connectivity index is 1.51. The zero-order chi connectivity index (χ0) is 22.6. The van der Waals surface area contributed by atoms with Gasteiger partial charge in [-0.05, 0) is 37.5 Å². The maximum atomic E-state index is 13.3.